The first kappa shape index (κ1) is 11.8. The molecule has 0 aliphatic heterocycles. The van der Waals surface area contributed by atoms with E-state index >= 15 is 0 Å². The Kier molecular flexibility index (Phi) is 3.56. The molecule has 0 saturated carbocycles. The van der Waals surface area contributed by atoms with Crippen LogP contribution in [0.15, 0.2) is 36.7 Å². The third-order valence-electron chi connectivity index (χ3n) is 2.35. The number of hydrogen-bond donors (Lipinski definition) is 1. The number of aliphatic hydroxyl groups is 1. The Labute approximate surface area is 104 Å². The number of halogens is 1. The van der Waals surface area contributed by atoms with Gasteiger partial charge in [0.1, 0.15) is 12.4 Å². The first-order valence-corrected chi connectivity index (χ1v) is 5.38. The fraction of sp³-hybridized carbons (Fsp3) is 0.167. The lowest BCUT2D eigenvalue weighted by molar-refractivity contribution is 0.214. The lowest BCUT2D eigenvalue weighted by Crippen LogP contribution is -2.04. The Balaban J connectivity index is 2.37. The third kappa shape index (κ3) is 2.54. The highest BCUT2D eigenvalue weighted by Crippen LogP contribution is 2.27. The maximum atomic E-state index is 10.2. The highest BCUT2D eigenvalue weighted by molar-refractivity contribution is 6.31. The summed E-state index contributed by atoms with van der Waals surface area (Å²) in [5.41, 5.74) is 1.06. The largest absolute Gasteiger partial charge is 0.481 e. The van der Waals surface area contributed by atoms with E-state index in [0.29, 0.717) is 22.2 Å². The molecule has 1 aromatic heterocycles. The van der Waals surface area contributed by atoms with Crippen molar-refractivity contribution >= 4 is 11.6 Å². The summed E-state index contributed by atoms with van der Waals surface area (Å²) in [5, 5.41) is 10.7. The molecule has 0 saturated heterocycles. The van der Waals surface area contributed by atoms with Crippen LogP contribution in [0.4, 0.5) is 0 Å². The molecule has 1 aromatic carbocycles. The lowest BCUT2D eigenvalue weighted by Gasteiger charge is -2.12. The molecule has 5 heteroatoms. The fourth-order valence-electron chi connectivity index (χ4n) is 1.47. The minimum absolute atomic E-state index is 0.404. The van der Waals surface area contributed by atoms with Gasteiger partial charge in [-0.1, -0.05) is 29.8 Å². The van der Waals surface area contributed by atoms with Crippen LogP contribution in [0.3, 0.4) is 0 Å². The summed E-state index contributed by atoms with van der Waals surface area (Å²) in [4.78, 5) is 7.88. The molecule has 88 valence electrons. The van der Waals surface area contributed by atoms with Gasteiger partial charge in [-0.15, -0.1) is 0 Å². The number of aliphatic hydroxyl groups excluding tert-OH is 1. The second-order valence-corrected chi connectivity index (χ2v) is 3.82. The Hall–Kier alpha value is -1.65. The average Bonchev–Trinajstić information content (AvgIpc) is 2.38. The van der Waals surface area contributed by atoms with Crippen molar-refractivity contribution in [2.45, 2.75) is 6.10 Å². The van der Waals surface area contributed by atoms with Gasteiger partial charge in [-0.3, -0.25) is 0 Å². The number of nitrogens with zero attached hydrogens (tertiary/aromatic N) is 2. The second kappa shape index (κ2) is 5.12. The molecule has 0 amide bonds. The number of hydrogen-bond acceptors (Lipinski definition) is 4. The molecule has 17 heavy (non-hydrogen) atoms. The van der Waals surface area contributed by atoms with Gasteiger partial charge >= 0.3 is 0 Å². The minimum atomic E-state index is -0.888. The van der Waals surface area contributed by atoms with Crippen molar-refractivity contribution in [3.05, 3.63) is 52.9 Å². The number of rotatable bonds is 3. The topological polar surface area (TPSA) is 55.2 Å². The summed E-state index contributed by atoms with van der Waals surface area (Å²) < 4.78 is 4.98. The maximum absolute atomic E-state index is 10.2. The first-order valence-electron chi connectivity index (χ1n) is 5.01. The van der Waals surface area contributed by atoms with Gasteiger partial charge in [0, 0.05) is 16.7 Å². The van der Waals surface area contributed by atoms with Gasteiger partial charge in [0.15, 0.2) is 0 Å². The summed E-state index contributed by atoms with van der Waals surface area (Å²) in [6.45, 7) is 0. The number of aromatic nitrogens is 2. The molecule has 0 radical (unpaired) electrons. The predicted molar refractivity (Wildman–Crippen MR) is 64.1 cm³/mol. The molecule has 2 rings (SSSR count). The monoisotopic (exact) mass is 250 g/mol. The van der Waals surface area contributed by atoms with Gasteiger partial charge < -0.3 is 9.84 Å². The maximum Gasteiger partial charge on any atom is 0.216 e. The molecule has 0 fully saturated rings. The number of benzene rings is 1. The summed E-state index contributed by atoms with van der Waals surface area (Å²) in [6.07, 6.45) is 0.453. The van der Waals surface area contributed by atoms with Crippen LogP contribution < -0.4 is 4.74 Å². The molecule has 0 spiro atoms. The molecule has 1 N–H and O–H groups in total. The van der Waals surface area contributed by atoms with Crippen LogP contribution in [0.5, 0.6) is 5.88 Å². The Morgan fingerprint density at radius 3 is 2.76 bits per heavy atom. The van der Waals surface area contributed by atoms with Crippen LogP contribution in [0.25, 0.3) is 0 Å². The fourth-order valence-corrected chi connectivity index (χ4v) is 1.71. The molecule has 1 unspecified atom stereocenters. The molecule has 1 atom stereocenters. The van der Waals surface area contributed by atoms with Crippen molar-refractivity contribution < 1.29 is 9.84 Å². The van der Waals surface area contributed by atoms with E-state index in [4.69, 9.17) is 16.3 Å². The molecule has 0 bridgehead atoms. The van der Waals surface area contributed by atoms with Crippen LogP contribution in [-0.2, 0) is 0 Å². The van der Waals surface area contributed by atoms with Crippen molar-refractivity contribution in [2.75, 3.05) is 7.11 Å². The molecular formula is C12H11ClN2O2. The Bertz CT molecular complexity index is 519. The average molecular weight is 251 g/mol. The van der Waals surface area contributed by atoms with Crippen LogP contribution in [0.1, 0.15) is 17.4 Å². The minimum Gasteiger partial charge on any atom is -0.481 e. The van der Waals surface area contributed by atoms with E-state index in [9.17, 15) is 5.11 Å². The predicted octanol–water partition coefficient (Wildman–Crippen LogP) is 2.22. The zero-order valence-corrected chi connectivity index (χ0v) is 9.93. The SMILES string of the molecule is COc1cc(C(O)c2ccccc2Cl)ncn1. The molecule has 0 aliphatic carbocycles. The summed E-state index contributed by atoms with van der Waals surface area (Å²) >= 11 is 6.01. The van der Waals surface area contributed by atoms with Crippen LogP contribution in [0, 0.1) is 0 Å². The van der Waals surface area contributed by atoms with Crippen molar-refractivity contribution in [3.63, 3.8) is 0 Å². The summed E-state index contributed by atoms with van der Waals surface area (Å²) in [5.74, 6) is 0.404. The highest BCUT2D eigenvalue weighted by atomic mass is 35.5. The van der Waals surface area contributed by atoms with E-state index in [2.05, 4.69) is 9.97 Å². The Morgan fingerprint density at radius 1 is 1.29 bits per heavy atom. The lowest BCUT2D eigenvalue weighted by atomic mass is 10.1. The summed E-state index contributed by atoms with van der Waals surface area (Å²) in [7, 11) is 1.51. The first-order chi connectivity index (χ1) is 8.22. The van der Waals surface area contributed by atoms with Crippen molar-refractivity contribution in [1.82, 2.24) is 9.97 Å². The molecular weight excluding hydrogens is 240 g/mol. The van der Waals surface area contributed by atoms with Gasteiger partial charge in [0.2, 0.25) is 5.88 Å². The van der Waals surface area contributed by atoms with Gasteiger partial charge in [-0.25, -0.2) is 9.97 Å². The molecule has 0 aliphatic rings. The van der Waals surface area contributed by atoms with E-state index in [1.807, 2.05) is 6.07 Å². The van der Waals surface area contributed by atoms with Gasteiger partial charge in [0.05, 0.1) is 12.8 Å². The van der Waals surface area contributed by atoms with Gasteiger partial charge in [-0.05, 0) is 6.07 Å². The molecule has 1 heterocycles. The van der Waals surface area contributed by atoms with E-state index in [1.54, 1.807) is 24.3 Å². The second-order valence-electron chi connectivity index (χ2n) is 3.41. The number of methoxy groups -OCH3 is 1. The quantitative estimate of drug-likeness (QED) is 0.908. The third-order valence-corrected chi connectivity index (χ3v) is 2.70. The van der Waals surface area contributed by atoms with Crippen LogP contribution in [0.2, 0.25) is 5.02 Å². The Morgan fingerprint density at radius 2 is 2.06 bits per heavy atom. The van der Waals surface area contributed by atoms with Crippen molar-refractivity contribution in [1.29, 1.82) is 0 Å². The number of ether oxygens (including phenoxy) is 1. The van der Waals surface area contributed by atoms with Crippen LogP contribution in [-0.4, -0.2) is 22.2 Å². The van der Waals surface area contributed by atoms with E-state index < -0.39 is 6.10 Å². The van der Waals surface area contributed by atoms with Gasteiger partial charge in [-0.2, -0.15) is 0 Å². The molecule has 2 aromatic rings. The van der Waals surface area contributed by atoms with Crippen molar-refractivity contribution in [3.8, 4) is 5.88 Å². The van der Waals surface area contributed by atoms with Crippen molar-refractivity contribution in [2.24, 2.45) is 0 Å². The van der Waals surface area contributed by atoms with E-state index in [1.165, 1.54) is 13.4 Å². The van der Waals surface area contributed by atoms with E-state index in [0.717, 1.165) is 0 Å². The smallest absolute Gasteiger partial charge is 0.216 e. The standard InChI is InChI=1S/C12H11ClN2O2/c1-17-11-6-10(14-7-15-11)12(16)8-4-2-3-5-9(8)13/h2-7,12,16H,1H3. The van der Waals surface area contributed by atoms with E-state index in [-0.39, 0.29) is 0 Å². The van der Waals surface area contributed by atoms with Crippen LogP contribution >= 0.6 is 11.6 Å². The van der Waals surface area contributed by atoms with Gasteiger partial charge in [0.25, 0.3) is 0 Å². The highest BCUT2D eigenvalue weighted by Gasteiger charge is 2.15. The summed E-state index contributed by atoms with van der Waals surface area (Å²) in [6, 6.07) is 8.66. The molecule has 4 nitrogen and oxygen atoms in total. The normalized spacial score (nSPS) is 12.2. The zero-order chi connectivity index (χ0) is 12.3. The zero-order valence-electron chi connectivity index (χ0n) is 9.17.